The molecule has 0 bridgehead atoms. The highest BCUT2D eigenvalue weighted by Crippen LogP contribution is 2.14. The van der Waals surface area contributed by atoms with E-state index in [9.17, 15) is 4.79 Å². The summed E-state index contributed by atoms with van der Waals surface area (Å²) in [4.78, 5) is 18.0. The largest absolute Gasteiger partial charge is 0.497 e. The van der Waals surface area contributed by atoms with Gasteiger partial charge in [-0.3, -0.25) is 9.78 Å². The summed E-state index contributed by atoms with van der Waals surface area (Å²) < 4.78 is 5.09. The van der Waals surface area contributed by atoms with Gasteiger partial charge in [0, 0.05) is 25.4 Å². The number of methoxy groups -OCH3 is 1. The first-order chi connectivity index (χ1) is 8.22. The third kappa shape index (κ3) is 2.60. The predicted molar refractivity (Wildman–Crippen MR) is 65.9 cm³/mol. The van der Waals surface area contributed by atoms with Crippen molar-refractivity contribution in [3.05, 3.63) is 18.0 Å². The van der Waals surface area contributed by atoms with E-state index in [-0.39, 0.29) is 5.91 Å². The lowest BCUT2D eigenvalue weighted by Crippen LogP contribution is -2.36. The molecule has 1 saturated heterocycles. The molecule has 0 aliphatic carbocycles. The van der Waals surface area contributed by atoms with Crippen molar-refractivity contribution < 1.29 is 9.53 Å². The molecule has 0 N–H and O–H groups in total. The maximum absolute atomic E-state index is 12.1. The van der Waals surface area contributed by atoms with Gasteiger partial charge in [0.25, 0.3) is 5.91 Å². The van der Waals surface area contributed by atoms with Gasteiger partial charge in [0.2, 0.25) is 0 Å². The van der Waals surface area contributed by atoms with Crippen molar-refractivity contribution in [2.24, 2.45) is 0 Å². The molecule has 1 aliphatic rings. The van der Waals surface area contributed by atoms with E-state index in [0.29, 0.717) is 16.9 Å². The number of ether oxygens (including phenoxy) is 1. The van der Waals surface area contributed by atoms with Gasteiger partial charge in [-0.25, -0.2) is 0 Å². The molecule has 1 aromatic heterocycles. The van der Waals surface area contributed by atoms with E-state index in [4.69, 9.17) is 12.6 Å². The molecular weight excluding hydrogens is 215 g/mol. The molecule has 1 amide bonds. The van der Waals surface area contributed by atoms with Crippen molar-refractivity contribution in [3.63, 3.8) is 0 Å². The second kappa shape index (κ2) is 5.21. The topological polar surface area (TPSA) is 42.4 Å². The maximum Gasteiger partial charge on any atom is 0.272 e. The van der Waals surface area contributed by atoms with Crippen molar-refractivity contribution >= 4 is 19.2 Å². The van der Waals surface area contributed by atoms with E-state index in [1.165, 1.54) is 19.7 Å². The van der Waals surface area contributed by atoms with Gasteiger partial charge >= 0.3 is 0 Å². The SMILES string of the molecule is [B]c1cnc(C(=O)N2CCCCC2)cc1OC. The fraction of sp³-hybridized carbons (Fsp3) is 0.500. The molecule has 88 valence electrons. The number of piperidine rings is 1. The first-order valence-corrected chi connectivity index (χ1v) is 5.81. The first-order valence-electron chi connectivity index (χ1n) is 5.81. The van der Waals surface area contributed by atoms with Gasteiger partial charge in [-0.15, -0.1) is 0 Å². The smallest absolute Gasteiger partial charge is 0.272 e. The van der Waals surface area contributed by atoms with Gasteiger partial charge in [-0.1, -0.05) is 0 Å². The molecule has 0 saturated carbocycles. The first kappa shape index (κ1) is 12.0. The summed E-state index contributed by atoms with van der Waals surface area (Å²) in [7, 11) is 7.19. The van der Waals surface area contributed by atoms with Crippen LogP contribution in [0.2, 0.25) is 0 Å². The summed E-state index contributed by atoms with van der Waals surface area (Å²) in [5.74, 6) is 0.461. The number of carbonyl (C=O) groups excluding carboxylic acids is 1. The lowest BCUT2D eigenvalue weighted by Gasteiger charge is -2.26. The monoisotopic (exact) mass is 230 g/mol. The highest BCUT2D eigenvalue weighted by atomic mass is 16.5. The number of likely N-dealkylation sites (tertiary alicyclic amines) is 1. The van der Waals surface area contributed by atoms with Crippen molar-refractivity contribution in [3.8, 4) is 5.75 Å². The number of hydrogen-bond acceptors (Lipinski definition) is 3. The van der Waals surface area contributed by atoms with E-state index in [1.54, 1.807) is 6.07 Å². The number of carbonyl (C=O) groups is 1. The fourth-order valence-electron chi connectivity index (χ4n) is 2.00. The zero-order chi connectivity index (χ0) is 12.3. The van der Waals surface area contributed by atoms with Crippen LogP contribution in [0.1, 0.15) is 29.8 Å². The summed E-state index contributed by atoms with van der Waals surface area (Å²) in [5, 5.41) is 0. The van der Waals surface area contributed by atoms with Gasteiger partial charge in [0.1, 0.15) is 19.3 Å². The van der Waals surface area contributed by atoms with Crippen molar-refractivity contribution in [2.75, 3.05) is 20.2 Å². The molecule has 1 aromatic rings. The standard InChI is InChI=1S/C12H15BN2O2/c1-17-11-7-10(14-8-9(11)13)12(16)15-5-3-2-4-6-15/h7-8H,2-6H2,1H3. The van der Waals surface area contributed by atoms with Crippen LogP contribution in [0, 0.1) is 0 Å². The van der Waals surface area contributed by atoms with Gasteiger partial charge in [-0.2, -0.15) is 0 Å². The minimum Gasteiger partial charge on any atom is -0.497 e. The number of amides is 1. The van der Waals surface area contributed by atoms with Crippen molar-refractivity contribution in [1.82, 2.24) is 9.88 Å². The summed E-state index contributed by atoms with van der Waals surface area (Å²) in [6.45, 7) is 1.63. The second-order valence-corrected chi connectivity index (χ2v) is 4.16. The molecule has 1 aliphatic heterocycles. The third-order valence-corrected chi connectivity index (χ3v) is 2.98. The molecule has 2 heterocycles. The molecule has 17 heavy (non-hydrogen) atoms. The minimum absolute atomic E-state index is 0.0389. The number of rotatable bonds is 2. The van der Waals surface area contributed by atoms with Gasteiger partial charge < -0.3 is 9.64 Å². The molecule has 1 fully saturated rings. The van der Waals surface area contributed by atoms with E-state index in [0.717, 1.165) is 25.9 Å². The lowest BCUT2D eigenvalue weighted by atomic mass is 9.97. The molecule has 0 spiro atoms. The van der Waals surface area contributed by atoms with Crippen LogP contribution in [-0.4, -0.2) is 43.8 Å². The van der Waals surface area contributed by atoms with E-state index >= 15 is 0 Å². The Labute approximate surface area is 102 Å². The van der Waals surface area contributed by atoms with E-state index < -0.39 is 0 Å². The molecular formula is C12H15BN2O2. The average Bonchev–Trinajstić information content (AvgIpc) is 2.39. The molecule has 2 rings (SSSR count). The Hall–Kier alpha value is -1.52. The van der Waals surface area contributed by atoms with Crippen LogP contribution in [-0.2, 0) is 0 Å². The van der Waals surface area contributed by atoms with Crippen LogP contribution in [0.5, 0.6) is 5.75 Å². The Bertz CT molecular complexity index is 417. The van der Waals surface area contributed by atoms with Crippen LogP contribution in [0.15, 0.2) is 12.3 Å². The third-order valence-electron chi connectivity index (χ3n) is 2.98. The molecule has 0 atom stereocenters. The van der Waals surface area contributed by atoms with Crippen molar-refractivity contribution in [2.45, 2.75) is 19.3 Å². The zero-order valence-corrected chi connectivity index (χ0v) is 9.98. The molecule has 5 heteroatoms. The Morgan fingerprint density at radius 1 is 1.41 bits per heavy atom. The Kier molecular flexibility index (Phi) is 3.66. The average molecular weight is 230 g/mol. The molecule has 4 nitrogen and oxygen atoms in total. The summed E-state index contributed by atoms with van der Waals surface area (Å²) >= 11 is 0. The predicted octanol–water partition coefficient (Wildman–Crippen LogP) is 0.510. The summed E-state index contributed by atoms with van der Waals surface area (Å²) in [6, 6.07) is 1.60. The number of aromatic nitrogens is 1. The fourth-order valence-corrected chi connectivity index (χ4v) is 2.00. The van der Waals surface area contributed by atoms with Crippen molar-refractivity contribution in [1.29, 1.82) is 0 Å². The highest BCUT2D eigenvalue weighted by molar-refractivity contribution is 6.34. The molecule has 0 aromatic carbocycles. The minimum atomic E-state index is -0.0389. The molecule has 2 radical (unpaired) electrons. The highest BCUT2D eigenvalue weighted by Gasteiger charge is 2.19. The van der Waals surface area contributed by atoms with Gasteiger partial charge in [0.15, 0.2) is 0 Å². The van der Waals surface area contributed by atoms with Gasteiger partial charge in [0.05, 0.1) is 7.11 Å². The Balaban J connectivity index is 2.18. The summed E-state index contributed by atoms with van der Waals surface area (Å²) in [6.07, 6.45) is 4.80. The molecule has 0 unspecified atom stereocenters. The maximum atomic E-state index is 12.1. The second-order valence-electron chi connectivity index (χ2n) is 4.16. The van der Waals surface area contributed by atoms with Crippen LogP contribution < -0.4 is 10.2 Å². The van der Waals surface area contributed by atoms with Gasteiger partial charge in [-0.05, 0) is 24.7 Å². The van der Waals surface area contributed by atoms with E-state index in [2.05, 4.69) is 4.98 Å². The normalized spacial score (nSPS) is 15.7. The number of pyridine rings is 1. The van der Waals surface area contributed by atoms with Crippen LogP contribution in [0.3, 0.4) is 0 Å². The van der Waals surface area contributed by atoms with E-state index in [1.807, 2.05) is 4.90 Å². The quantitative estimate of drug-likeness (QED) is 0.695. The number of hydrogen-bond donors (Lipinski definition) is 0. The Morgan fingerprint density at radius 2 is 2.12 bits per heavy atom. The summed E-state index contributed by atoms with van der Waals surface area (Å²) in [5.41, 5.74) is 0.848. The Morgan fingerprint density at radius 3 is 2.76 bits per heavy atom. The van der Waals surface area contributed by atoms with Crippen LogP contribution >= 0.6 is 0 Å². The number of nitrogens with zero attached hydrogens (tertiary/aromatic N) is 2. The van der Waals surface area contributed by atoms with Crippen LogP contribution in [0.4, 0.5) is 0 Å². The zero-order valence-electron chi connectivity index (χ0n) is 9.98. The van der Waals surface area contributed by atoms with Crippen LogP contribution in [0.25, 0.3) is 0 Å². The lowest BCUT2D eigenvalue weighted by molar-refractivity contribution is 0.0718.